The number of anilines is 1. The van der Waals surface area contributed by atoms with E-state index in [2.05, 4.69) is 27.3 Å². The van der Waals surface area contributed by atoms with Gasteiger partial charge in [-0.15, -0.1) is 0 Å². The molecule has 2 aromatic carbocycles. The fourth-order valence-electron chi connectivity index (χ4n) is 2.41. The molecule has 0 unspecified atom stereocenters. The van der Waals surface area contributed by atoms with Crippen LogP contribution in [0.3, 0.4) is 0 Å². The average molecular weight is 365 g/mol. The van der Waals surface area contributed by atoms with E-state index in [-0.39, 0.29) is 0 Å². The predicted molar refractivity (Wildman–Crippen MR) is 92.2 cm³/mol. The second-order valence-electron chi connectivity index (χ2n) is 5.07. The van der Waals surface area contributed by atoms with Gasteiger partial charge in [-0.1, -0.05) is 29.8 Å². The van der Waals surface area contributed by atoms with Gasteiger partial charge in [-0.2, -0.15) is 0 Å². The second-order valence-corrected chi connectivity index (χ2v) is 6.33. The molecule has 2 nitrogen and oxygen atoms in total. The molecular formula is C17H15BrClNO. The number of benzene rings is 2. The van der Waals surface area contributed by atoms with Crippen molar-refractivity contribution in [3.8, 4) is 0 Å². The van der Waals surface area contributed by atoms with Crippen LogP contribution >= 0.6 is 27.5 Å². The minimum atomic E-state index is 0.695. The van der Waals surface area contributed by atoms with Crippen molar-refractivity contribution in [3.05, 3.63) is 62.8 Å². The van der Waals surface area contributed by atoms with Crippen molar-refractivity contribution in [1.82, 2.24) is 0 Å². The van der Waals surface area contributed by atoms with Crippen molar-refractivity contribution in [3.63, 3.8) is 0 Å². The molecule has 1 heterocycles. The number of halogens is 2. The molecule has 0 saturated carbocycles. The third kappa shape index (κ3) is 2.81. The summed E-state index contributed by atoms with van der Waals surface area (Å²) in [5, 5.41) is 5.33. The third-order valence-corrected chi connectivity index (χ3v) is 4.67. The highest BCUT2D eigenvalue weighted by atomic mass is 79.9. The Hall–Kier alpha value is -1.45. The van der Waals surface area contributed by atoms with Crippen LogP contribution in [0, 0.1) is 13.8 Å². The SMILES string of the molecule is Cc1cc(Br)c(NCc2c(C)oc3ccccc23)cc1Cl. The van der Waals surface area contributed by atoms with Crippen molar-refractivity contribution in [2.75, 3.05) is 5.32 Å². The summed E-state index contributed by atoms with van der Waals surface area (Å²) in [5.41, 5.74) is 4.14. The summed E-state index contributed by atoms with van der Waals surface area (Å²) in [5.74, 6) is 0.943. The Balaban J connectivity index is 1.90. The summed E-state index contributed by atoms with van der Waals surface area (Å²) in [6, 6.07) is 12.0. The van der Waals surface area contributed by atoms with Crippen LogP contribution in [0.15, 0.2) is 45.3 Å². The van der Waals surface area contributed by atoms with Gasteiger partial charge in [0, 0.05) is 27.0 Å². The van der Waals surface area contributed by atoms with Gasteiger partial charge >= 0.3 is 0 Å². The maximum atomic E-state index is 6.19. The third-order valence-electron chi connectivity index (χ3n) is 3.60. The normalized spacial score (nSPS) is 11.0. The van der Waals surface area contributed by atoms with Gasteiger partial charge in [-0.3, -0.25) is 0 Å². The number of hydrogen-bond acceptors (Lipinski definition) is 2. The van der Waals surface area contributed by atoms with Crippen LogP contribution in [0.4, 0.5) is 5.69 Å². The molecule has 0 radical (unpaired) electrons. The lowest BCUT2D eigenvalue weighted by Crippen LogP contribution is -2.01. The molecule has 0 aliphatic rings. The van der Waals surface area contributed by atoms with Gasteiger partial charge in [0.05, 0.1) is 5.69 Å². The van der Waals surface area contributed by atoms with E-state index in [0.717, 1.165) is 37.5 Å². The van der Waals surface area contributed by atoms with Crippen molar-refractivity contribution in [1.29, 1.82) is 0 Å². The molecular weight excluding hydrogens is 350 g/mol. The van der Waals surface area contributed by atoms with Crippen LogP contribution in [0.2, 0.25) is 5.02 Å². The maximum Gasteiger partial charge on any atom is 0.134 e. The first-order valence-electron chi connectivity index (χ1n) is 6.73. The fourth-order valence-corrected chi connectivity index (χ4v) is 3.17. The molecule has 0 spiro atoms. The second kappa shape index (κ2) is 5.74. The van der Waals surface area contributed by atoms with E-state index in [4.69, 9.17) is 16.0 Å². The molecule has 0 saturated heterocycles. The van der Waals surface area contributed by atoms with Crippen LogP contribution in [0.1, 0.15) is 16.9 Å². The molecule has 3 aromatic rings. The van der Waals surface area contributed by atoms with Gasteiger partial charge in [0.1, 0.15) is 11.3 Å². The van der Waals surface area contributed by atoms with E-state index in [9.17, 15) is 0 Å². The standard InChI is InChI=1S/C17H15BrClNO/c1-10-7-14(18)16(8-15(10)19)20-9-13-11(2)21-17-6-4-3-5-12(13)17/h3-8,20H,9H2,1-2H3. The van der Waals surface area contributed by atoms with E-state index in [1.165, 1.54) is 5.56 Å². The Morgan fingerprint density at radius 3 is 2.76 bits per heavy atom. The molecule has 3 rings (SSSR count). The Bertz CT molecular complexity index is 810. The topological polar surface area (TPSA) is 25.2 Å². The van der Waals surface area contributed by atoms with Crippen LogP contribution in [0.25, 0.3) is 11.0 Å². The Kier molecular flexibility index (Phi) is 3.96. The summed E-state index contributed by atoms with van der Waals surface area (Å²) >= 11 is 9.76. The summed E-state index contributed by atoms with van der Waals surface area (Å²) in [4.78, 5) is 0. The molecule has 108 valence electrons. The number of hydrogen-bond donors (Lipinski definition) is 1. The van der Waals surface area contributed by atoms with Crippen LogP contribution in [-0.2, 0) is 6.54 Å². The van der Waals surface area contributed by atoms with Gasteiger partial charge in [-0.05, 0) is 53.5 Å². The minimum Gasteiger partial charge on any atom is -0.461 e. The lowest BCUT2D eigenvalue weighted by Gasteiger charge is -2.10. The number of aryl methyl sites for hydroxylation is 2. The summed E-state index contributed by atoms with van der Waals surface area (Å²) in [6.45, 7) is 4.68. The van der Waals surface area contributed by atoms with Crippen molar-refractivity contribution in [2.45, 2.75) is 20.4 Å². The van der Waals surface area contributed by atoms with Gasteiger partial charge in [0.25, 0.3) is 0 Å². The zero-order valence-electron chi connectivity index (χ0n) is 11.8. The largest absolute Gasteiger partial charge is 0.461 e. The van der Waals surface area contributed by atoms with E-state index >= 15 is 0 Å². The van der Waals surface area contributed by atoms with Crippen molar-refractivity contribution >= 4 is 44.2 Å². The Morgan fingerprint density at radius 2 is 1.95 bits per heavy atom. The molecule has 21 heavy (non-hydrogen) atoms. The fraction of sp³-hybridized carbons (Fsp3) is 0.176. The van der Waals surface area contributed by atoms with Crippen molar-refractivity contribution < 1.29 is 4.42 Å². The summed E-state index contributed by atoms with van der Waals surface area (Å²) in [7, 11) is 0. The molecule has 1 N–H and O–H groups in total. The first-order chi connectivity index (χ1) is 10.1. The summed E-state index contributed by atoms with van der Waals surface area (Å²) in [6.07, 6.45) is 0. The van der Waals surface area contributed by atoms with E-state index < -0.39 is 0 Å². The quantitative estimate of drug-likeness (QED) is 0.609. The van der Waals surface area contributed by atoms with E-state index in [0.29, 0.717) is 6.54 Å². The molecule has 0 atom stereocenters. The van der Waals surface area contributed by atoms with Crippen LogP contribution in [0.5, 0.6) is 0 Å². The smallest absolute Gasteiger partial charge is 0.134 e. The molecule has 0 aliphatic carbocycles. The van der Waals surface area contributed by atoms with Gasteiger partial charge in [-0.25, -0.2) is 0 Å². The maximum absolute atomic E-state index is 6.19. The average Bonchev–Trinajstić information content (AvgIpc) is 2.77. The molecule has 4 heteroatoms. The van der Waals surface area contributed by atoms with Crippen LogP contribution < -0.4 is 5.32 Å². The highest BCUT2D eigenvalue weighted by Crippen LogP contribution is 2.31. The first kappa shape index (κ1) is 14.5. The molecule has 0 bridgehead atoms. The number of rotatable bonds is 3. The Labute approximate surface area is 137 Å². The Morgan fingerprint density at radius 1 is 1.19 bits per heavy atom. The summed E-state index contributed by atoms with van der Waals surface area (Å²) < 4.78 is 6.79. The highest BCUT2D eigenvalue weighted by Gasteiger charge is 2.11. The predicted octanol–water partition coefficient (Wildman–Crippen LogP) is 6.08. The van der Waals surface area contributed by atoms with Crippen molar-refractivity contribution in [2.24, 2.45) is 0 Å². The number of para-hydroxylation sites is 1. The highest BCUT2D eigenvalue weighted by molar-refractivity contribution is 9.10. The monoisotopic (exact) mass is 363 g/mol. The zero-order valence-corrected chi connectivity index (χ0v) is 14.2. The first-order valence-corrected chi connectivity index (χ1v) is 7.90. The number of nitrogens with one attached hydrogen (secondary N) is 1. The number of furan rings is 1. The van der Waals surface area contributed by atoms with E-state index in [1.54, 1.807) is 0 Å². The van der Waals surface area contributed by atoms with Gasteiger partial charge in [0.15, 0.2) is 0 Å². The lowest BCUT2D eigenvalue weighted by atomic mass is 10.1. The molecule has 0 aliphatic heterocycles. The van der Waals surface area contributed by atoms with E-state index in [1.807, 2.05) is 44.2 Å². The molecule has 0 amide bonds. The number of fused-ring (bicyclic) bond motifs is 1. The molecule has 1 aromatic heterocycles. The lowest BCUT2D eigenvalue weighted by molar-refractivity contribution is 0.573. The van der Waals surface area contributed by atoms with Gasteiger partial charge in [0.2, 0.25) is 0 Å². The van der Waals surface area contributed by atoms with Gasteiger partial charge < -0.3 is 9.73 Å². The minimum absolute atomic E-state index is 0.695. The van der Waals surface area contributed by atoms with Crippen LogP contribution in [-0.4, -0.2) is 0 Å². The molecule has 0 fully saturated rings. The zero-order chi connectivity index (χ0) is 15.0.